The molecule has 0 radical (unpaired) electrons. The second-order valence-corrected chi connectivity index (χ2v) is 12.3. The van der Waals surface area contributed by atoms with Gasteiger partial charge in [0.2, 0.25) is 0 Å². The Labute approximate surface area is 242 Å². The Morgan fingerprint density at radius 2 is 1.52 bits per heavy atom. The van der Waals surface area contributed by atoms with Crippen LogP contribution in [0, 0.1) is 17.8 Å². The summed E-state index contributed by atoms with van der Waals surface area (Å²) in [7, 11) is 0. The lowest BCUT2D eigenvalue weighted by Gasteiger charge is -2.38. The van der Waals surface area contributed by atoms with Crippen molar-refractivity contribution < 1.29 is 19.4 Å². The van der Waals surface area contributed by atoms with Gasteiger partial charge in [-0.1, -0.05) is 88.4 Å². The molecular formula is C36H50O4. The molecule has 0 saturated heterocycles. The first kappa shape index (κ1) is 30.4. The molecule has 1 N–H and O–H groups in total. The van der Waals surface area contributed by atoms with Gasteiger partial charge in [-0.2, -0.15) is 0 Å². The Morgan fingerprint density at radius 3 is 2.15 bits per heavy atom. The van der Waals surface area contributed by atoms with E-state index in [9.17, 15) is 9.90 Å². The number of rotatable bonds is 13. The summed E-state index contributed by atoms with van der Waals surface area (Å²) in [6, 6.07) is 14.9. The predicted molar refractivity (Wildman–Crippen MR) is 163 cm³/mol. The van der Waals surface area contributed by atoms with Crippen LogP contribution in [-0.2, 0) is 16.1 Å². The van der Waals surface area contributed by atoms with E-state index >= 15 is 0 Å². The van der Waals surface area contributed by atoms with Crippen LogP contribution in [0.25, 0.3) is 11.1 Å². The van der Waals surface area contributed by atoms with E-state index in [0.717, 1.165) is 28.9 Å². The number of benzene rings is 2. The van der Waals surface area contributed by atoms with Gasteiger partial charge in [-0.25, -0.2) is 4.79 Å². The normalized spacial score (nSPS) is 23.0. The summed E-state index contributed by atoms with van der Waals surface area (Å²) in [6.07, 6.45) is 17.0. The summed E-state index contributed by atoms with van der Waals surface area (Å²) in [5.41, 5.74) is 4.73. The molecule has 40 heavy (non-hydrogen) atoms. The number of ether oxygens (including phenoxy) is 2. The highest BCUT2D eigenvalue weighted by atomic mass is 16.6. The molecule has 2 aromatic rings. The molecule has 0 bridgehead atoms. The van der Waals surface area contributed by atoms with E-state index in [2.05, 4.69) is 37.8 Å². The van der Waals surface area contributed by atoms with Gasteiger partial charge in [0.15, 0.2) is 0 Å². The number of hydrogen-bond donors (Lipinski definition) is 1. The smallest absolute Gasteiger partial charge is 0.333 e. The maximum absolute atomic E-state index is 11.6. The largest absolute Gasteiger partial charge is 0.490 e. The highest BCUT2D eigenvalue weighted by Gasteiger charge is 2.31. The lowest BCUT2D eigenvalue weighted by molar-refractivity contribution is -0.139. The fourth-order valence-electron chi connectivity index (χ4n) is 6.91. The summed E-state index contributed by atoms with van der Waals surface area (Å²) in [6.45, 7) is 7.76. The minimum absolute atomic E-state index is 0.108. The molecule has 4 nitrogen and oxygen atoms in total. The molecule has 2 aliphatic rings. The van der Waals surface area contributed by atoms with Crippen LogP contribution in [-0.4, -0.2) is 24.3 Å². The topological polar surface area (TPSA) is 55.8 Å². The van der Waals surface area contributed by atoms with Crippen molar-refractivity contribution >= 4 is 5.97 Å². The van der Waals surface area contributed by atoms with Gasteiger partial charge >= 0.3 is 5.97 Å². The van der Waals surface area contributed by atoms with Crippen LogP contribution in [0.2, 0.25) is 0 Å². The predicted octanol–water partition coefficient (Wildman–Crippen LogP) is 9.00. The van der Waals surface area contributed by atoms with Gasteiger partial charge in [0.1, 0.15) is 19.0 Å². The first-order valence-electron chi connectivity index (χ1n) is 15.8. The van der Waals surface area contributed by atoms with Gasteiger partial charge in [0.25, 0.3) is 0 Å². The van der Waals surface area contributed by atoms with Crippen LogP contribution < -0.4 is 4.74 Å². The number of hydrogen-bond acceptors (Lipinski definition) is 4. The zero-order valence-electron chi connectivity index (χ0n) is 24.8. The minimum atomic E-state index is -0.423. The molecule has 0 amide bonds. The number of carbonyl (C=O) groups is 1. The summed E-state index contributed by atoms with van der Waals surface area (Å²) >= 11 is 0. The Kier molecular flexibility index (Phi) is 11.7. The fraction of sp³-hybridized carbons (Fsp3) is 0.583. The van der Waals surface area contributed by atoms with Gasteiger partial charge in [-0.3, -0.25) is 0 Å². The van der Waals surface area contributed by atoms with Gasteiger partial charge in [-0.15, -0.1) is 0 Å². The standard InChI is InChI=1S/C36H50O4/c1-4-5-6-7-27-8-10-28(11-9-27)29-12-14-30(15-13-29)31-16-18-32(19-17-31)33-20-21-34(25-37)35(24-33)39-22-23-40-36(38)26(2)3/h16-21,24,27-30,37H,2,4-15,22-23,25H2,1,3H3. The van der Waals surface area contributed by atoms with E-state index in [0.29, 0.717) is 22.8 Å². The number of aliphatic hydroxyl groups is 1. The van der Waals surface area contributed by atoms with Gasteiger partial charge in [-0.05, 0) is 91.9 Å². The number of esters is 1. The Morgan fingerprint density at radius 1 is 0.875 bits per heavy atom. The van der Waals surface area contributed by atoms with Gasteiger partial charge in [0, 0.05) is 11.1 Å². The number of aliphatic hydroxyl groups excluding tert-OH is 1. The molecule has 0 unspecified atom stereocenters. The second kappa shape index (κ2) is 15.4. The van der Waals surface area contributed by atoms with Gasteiger partial charge in [0.05, 0.1) is 6.61 Å². The molecule has 218 valence electrons. The maximum Gasteiger partial charge on any atom is 0.333 e. The van der Waals surface area contributed by atoms with E-state index in [1.54, 1.807) is 6.92 Å². The van der Waals surface area contributed by atoms with Crippen molar-refractivity contribution in [2.45, 2.75) is 103 Å². The molecule has 0 spiro atoms. The molecule has 0 atom stereocenters. The van der Waals surface area contributed by atoms with Crippen LogP contribution in [0.15, 0.2) is 54.6 Å². The Hall–Kier alpha value is -2.59. The van der Waals surface area contributed by atoms with Crippen LogP contribution in [0.5, 0.6) is 5.75 Å². The van der Waals surface area contributed by atoms with Crippen molar-refractivity contribution in [3.63, 3.8) is 0 Å². The zero-order valence-corrected chi connectivity index (χ0v) is 24.8. The molecule has 4 rings (SSSR count). The van der Waals surface area contributed by atoms with Crippen molar-refractivity contribution in [1.29, 1.82) is 0 Å². The summed E-state index contributed by atoms with van der Waals surface area (Å²) in [4.78, 5) is 11.6. The molecule has 4 heteroatoms. The van der Waals surface area contributed by atoms with E-state index in [4.69, 9.17) is 9.47 Å². The molecule has 0 heterocycles. The highest BCUT2D eigenvalue weighted by Crippen LogP contribution is 2.44. The third-order valence-corrected chi connectivity index (χ3v) is 9.42. The third-order valence-electron chi connectivity index (χ3n) is 9.42. The lowest BCUT2D eigenvalue weighted by Crippen LogP contribution is -2.25. The monoisotopic (exact) mass is 546 g/mol. The van der Waals surface area contributed by atoms with E-state index in [-0.39, 0.29) is 19.8 Å². The minimum Gasteiger partial charge on any atom is -0.490 e. The van der Waals surface area contributed by atoms with E-state index in [1.807, 2.05) is 18.2 Å². The number of carbonyl (C=O) groups excluding carboxylic acids is 1. The SMILES string of the molecule is C=C(C)C(=O)OCCOc1cc(-c2ccc(C3CCC(C4CCC(CCCCC)CC4)CC3)cc2)ccc1CO. The Balaban J connectivity index is 1.27. The first-order valence-corrected chi connectivity index (χ1v) is 15.8. The molecule has 2 saturated carbocycles. The lowest BCUT2D eigenvalue weighted by atomic mass is 9.68. The summed E-state index contributed by atoms with van der Waals surface area (Å²) < 4.78 is 11.0. The second-order valence-electron chi connectivity index (χ2n) is 12.3. The van der Waals surface area contributed by atoms with Crippen molar-refractivity contribution in [3.05, 3.63) is 65.7 Å². The quantitative estimate of drug-likeness (QED) is 0.155. The molecule has 2 aliphatic carbocycles. The summed E-state index contributed by atoms with van der Waals surface area (Å²) in [5, 5.41) is 9.75. The van der Waals surface area contributed by atoms with Crippen LogP contribution in [0.4, 0.5) is 0 Å². The van der Waals surface area contributed by atoms with Crippen molar-refractivity contribution in [1.82, 2.24) is 0 Å². The highest BCUT2D eigenvalue weighted by molar-refractivity contribution is 5.86. The molecular weight excluding hydrogens is 496 g/mol. The first-order chi connectivity index (χ1) is 19.5. The van der Waals surface area contributed by atoms with E-state index < -0.39 is 5.97 Å². The fourth-order valence-corrected chi connectivity index (χ4v) is 6.91. The van der Waals surface area contributed by atoms with Crippen LogP contribution in [0.3, 0.4) is 0 Å². The molecule has 0 aromatic heterocycles. The Bertz CT molecular complexity index is 1070. The average Bonchev–Trinajstić information content (AvgIpc) is 2.99. The molecule has 2 aromatic carbocycles. The van der Waals surface area contributed by atoms with Crippen LogP contribution >= 0.6 is 0 Å². The van der Waals surface area contributed by atoms with Crippen molar-refractivity contribution in [2.24, 2.45) is 17.8 Å². The van der Waals surface area contributed by atoms with Gasteiger partial charge < -0.3 is 14.6 Å². The van der Waals surface area contributed by atoms with E-state index in [1.165, 1.54) is 82.6 Å². The van der Waals surface area contributed by atoms with Crippen molar-refractivity contribution in [3.8, 4) is 16.9 Å². The zero-order chi connectivity index (χ0) is 28.3. The third kappa shape index (κ3) is 8.46. The number of unbranched alkanes of at least 4 members (excludes halogenated alkanes) is 2. The van der Waals surface area contributed by atoms with Crippen LogP contribution in [0.1, 0.15) is 108 Å². The molecule has 0 aliphatic heterocycles. The summed E-state index contributed by atoms with van der Waals surface area (Å²) in [5.74, 6) is 3.79. The average molecular weight is 547 g/mol. The maximum atomic E-state index is 11.6. The van der Waals surface area contributed by atoms with Crippen molar-refractivity contribution in [2.75, 3.05) is 13.2 Å². The molecule has 2 fully saturated rings.